The summed E-state index contributed by atoms with van der Waals surface area (Å²) in [6, 6.07) is 5.93. The summed E-state index contributed by atoms with van der Waals surface area (Å²) < 4.78 is 0. The van der Waals surface area contributed by atoms with Gasteiger partial charge in [-0.25, -0.2) is 4.98 Å². The zero-order valence-electron chi connectivity index (χ0n) is 15.8. The summed E-state index contributed by atoms with van der Waals surface area (Å²) >= 11 is 0. The second kappa shape index (κ2) is 6.56. The molecule has 1 saturated heterocycles. The number of benzene rings is 1. The molecule has 8 heteroatoms. The summed E-state index contributed by atoms with van der Waals surface area (Å²) in [6.45, 7) is 4.12. The Hall–Kier alpha value is -3.00. The van der Waals surface area contributed by atoms with Crippen LogP contribution in [0.1, 0.15) is 26.2 Å². The van der Waals surface area contributed by atoms with Gasteiger partial charge in [0.1, 0.15) is 11.4 Å². The normalized spacial score (nSPS) is 20.5. The maximum absolute atomic E-state index is 10.4. The Morgan fingerprint density at radius 3 is 2.79 bits per heavy atom. The molecule has 1 saturated carbocycles. The first-order valence-corrected chi connectivity index (χ1v) is 9.65. The Morgan fingerprint density at radius 1 is 1.21 bits per heavy atom. The number of rotatable bonds is 5. The molecule has 0 spiro atoms. The van der Waals surface area contributed by atoms with Crippen LogP contribution in [0.5, 0.6) is 5.75 Å². The van der Waals surface area contributed by atoms with Crippen LogP contribution < -0.4 is 10.2 Å². The smallest absolute Gasteiger partial charge is 0.245 e. The highest BCUT2D eigenvalue weighted by atomic mass is 16.3. The quantitative estimate of drug-likeness (QED) is 0.627. The average molecular weight is 377 g/mol. The van der Waals surface area contributed by atoms with Gasteiger partial charge >= 0.3 is 0 Å². The van der Waals surface area contributed by atoms with Crippen molar-refractivity contribution in [2.75, 3.05) is 18.0 Å². The number of nitrogens with zero attached hydrogens (tertiary/aromatic N) is 5. The number of phenols is 1. The molecule has 144 valence electrons. The minimum atomic E-state index is 0.144. The largest absolute Gasteiger partial charge is 0.507 e. The molecule has 2 fully saturated rings. The SMILES string of the molecule is CC1(N[C@H]2CCN(c3ncc(-c4ccc(-c5cn[nH]c5)cc4O)nn3)C2)CC1. The fourth-order valence-corrected chi connectivity index (χ4v) is 3.76. The zero-order chi connectivity index (χ0) is 19.1. The van der Waals surface area contributed by atoms with Crippen LogP contribution in [0, 0.1) is 0 Å². The van der Waals surface area contributed by atoms with E-state index in [2.05, 4.69) is 42.5 Å². The molecule has 3 heterocycles. The van der Waals surface area contributed by atoms with Crippen molar-refractivity contribution in [2.24, 2.45) is 0 Å². The van der Waals surface area contributed by atoms with Crippen molar-refractivity contribution in [1.29, 1.82) is 0 Å². The molecule has 28 heavy (non-hydrogen) atoms. The van der Waals surface area contributed by atoms with Crippen LogP contribution in [-0.4, -0.2) is 55.2 Å². The molecule has 0 bridgehead atoms. The number of H-pyrrole nitrogens is 1. The Kier molecular flexibility index (Phi) is 4.01. The third kappa shape index (κ3) is 3.31. The Labute approximate surface area is 163 Å². The lowest BCUT2D eigenvalue weighted by atomic mass is 10.0. The van der Waals surface area contributed by atoms with E-state index in [9.17, 15) is 5.11 Å². The Balaban J connectivity index is 1.30. The van der Waals surface area contributed by atoms with Gasteiger partial charge in [0, 0.05) is 42.0 Å². The molecular formula is C20H23N7O. The van der Waals surface area contributed by atoms with Crippen LogP contribution in [-0.2, 0) is 0 Å². The predicted molar refractivity (Wildman–Crippen MR) is 106 cm³/mol. The van der Waals surface area contributed by atoms with Crippen molar-refractivity contribution >= 4 is 5.95 Å². The van der Waals surface area contributed by atoms with E-state index in [0.717, 1.165) is 30.6 Å². The molecule has 3 aromatic rings. The predicted octanol–water partition coefficient (Wildman–Crippen LogP) is 2.36. The summed E-state index contributed by atoms with van der Waals surface area (Å²) in [5.74, 6) is 0.786. The van der Waals surface area contributed by atoms with Crippen LogP contribution in [0.2, 0.25) is 0 Å². The van der Waals surface area contributed by atoms with Crippen molar-refractivity contribution < 1.29 is 5.11 Å². The zero-order valence-corrected chi connectivity index (χ0v) is 15.8. The van der Waals surface area contributed by atoms with Gasteiger partial charge in [-0.1, -0.05) is 6.07 Å². The van der Waals surface area contributed by atoms with E-state index in [4.69, 9.17) is 0 Å². The van der Waals surface area contributed by atoms with Gasteiger partial charge in [-0.3, -0.25) is 5.10 Å². The number of aromatic nitrogens is 5. The fraction of sp³-hybridized carbons (Fsp3) is 0.400. The van der Waals surface area contributed by atoms with E-state index in [1.807, 2.05) is 12.1 Å². The molecule has 1 atom stereocenters. The van der Waals surface area contributed by atoms with E-state index in [1.165, 1.54) is 12.8 Å². The van der Waals surface area contributed by atoms with Gasteiger partial charge in [0.15, 0.2) is 0 Å². The maximum Gasteiger partial charge on any atom is 0.245 e. The molecule has 5 rings (SSSR count). The highest BCUT2D eigenvalue weighted by molar-refractivity contribution is 5.73. The number of hydrogen-bond donors (Lipinski definition) is 3. The van der Waals surface area contributed by atoms with Crippen LogP contribution in [0.3, 0.4) is 0 Å². The molecule has 1 aromatic carbocycles. The Bertz CT molecular complexity index is 967. The topological polar surface area (TPSA) is 103 Å². The van der Waals surface area contributed by atoms with Gasteiger partial charge in [-0.15, -0.1) is 10.2 Å². The lowest BCUT2D eigenvalue weighted by Crippen LogP contribution is -2.40. The van der Waals surface area contributed by atoms with Crippen molar-refractivity contribution in [2.45, 2.75) is 37.8 Å². The van der Waals surface area contributed by atoms with E-state index >= 15 is 0 Å². The number of hydrogen-bond acceptors (Lipinski definition) is 7. The minimum absolute atomic E-state index is 0.144. The standard InChI is InChI=1S/C20H23N7O/c1-20(5-6-20)24-15-4-7-27(12-15)19-21-11-17(25-26-19)16-3-2-13(8-18(16)28)14-9-22-23-10-14/h2-3,8-11,15,24,28H,4-7,12H2,1H3,(H,22,23)/t15-/m0/s1. The second-order valence-electron chi connectivity index (χ2n) is 8.00. The maximum atomic E-state index is 10.4. The molecule has 0 radical (unpaired) electrons. The average Bonchev–Trinajstić information content (AvgIpc) is 3.10. The van der Waals surface area contributed by atoms with Gasteiger partial charge in [0.2, 0.25) is 5.95 Å². The molecule has 1 aliphatic carbocycles. The fourth-order valence-electron chi connectivity index (χ4n) is 3.76. The van der Waals surface area contributed by atoms with Crippen LogP contribution >= 0.6 is 0 Å². The lowest BCUT2D eigenvalue weighted by molar-refractivity contribution is 0.455. The molecule has 0 unspecified atom stereocenters. The van der Waals surface area contributed by atoms with Gasteiger partial charge < -0.3 is 15.3 Å². The first-order chi connectivity index (χ1) is 13.6. The number of anilines is 1. The van der Waals surface area contributed by atoms with Crippen LogP contribution in [0.25, 0.3) is 22.4 Å². The monoisotopic (exact) mass is 377 g/mol. The lowest BCUT2D eigenvalue weighted by Gasteiger charge is -2.19. The van der Waals surface area contributed by atoms with Gasteiger partial charge in [-0.2, -0.15) is 5.10 Å². The highest BCUT2D eigenvalue weighted by Crippen LogP contribution is 2.36. The molecule has 0 amide bonds. The van der Waals surface area contributed by atoms with E-state index in [-0.39, 0.29) is 5.75 Å². The van der Waals surface area contributed by atoms with Crippen molar-refractivity contribution in [3.63, 3.8) is 0 Å². The molecule has 8 nitrogen and oxygen atoms in total. The van der Waals surface area contributed by atoms with E-state index in [0.29, 0.717) is 28.8 Å². The second-order valence-corrected chi connectivity index (χ2v) is 8.00. The molecule has 3 N–H and O–H groups in total. The summed E-state index contributed by atoms with van der Waals surface area (Å²) in [5, 5.41) is 29.5. The van der Waals surface area contributed by atoms with Gasteiger partial charge in [0.25, 0.3) is 0 Å². The van der Waals surface area contributed by atoms with Gasteiger partial charge in [0.05, 0.1) is 12.4 Å². The van der Waals surface area contributed by atoms with Gasteiger partial charge in [-0.05, 0) is 43.9 Å². The number of phenolic OH excluding ortho intramolecular Hbond substituents is 1. The third-order valence-corrected chi connectivity index (χ3v) is 5.68. The molecule has 2 aromatic heterocycles. The first kappa shape index (κ1) is 17.1. The third-order valence-electron chi connectivity index (χ3n) is 5.68. The number of aromatic amines is 1. The molecule has 1 aliphatic heterocycles. The molecular weight excluding hydrogens is 354 g/mol. The van der Waals surface area contributed by atoms with Crippen molar-refractivity contribution in [3.05, 3.63) is 36.8 Å². The summed E-state index contributed by atoms with van der Waals surface area (Å²) in [7, 11) is 0. The van der Waals surface area contributed by atoms with E-state index < -0.39 is 0 Å². The van der Waals surface area contributed by atoms with Crippen molar-refractivity contribution in [3.8, 4) is 28.1 Å². The summed E-state index contributed by atoms with van der Waals surface area (Å²) in [5.41, 5.74) is 3.30. The van der Waals surface area contributed by atoms with Crippen molar-refractivity contribution in [1.82, 2.24) is 30.7 Å². The summed E-state index contributed by atoms with van der Waals surface area (Å²) in [6.07, 6.45) is 8.80. The highest BCUT2D eigenvalue weighted by Gasteiger charge is 2.40. The van der Waals surface area contributed by atoms with Crippen LogP contribution in [0.4, 0.5) is 5.95 Å². The number of nitrogens with one attached hydrogen (secondary N) is 2. The summed E-state index contributed by atoms with van der Waals surface area (Å²) in [4.78, 5) is 6.66. The minimum Gasteiger partial charge on any atom is -0.507 e. The number of aromatic hydroxyl groups is 1. The first-order valence-electron chi connectivity index (χ1n) is 9.65. The van der Waals surface area contributed by atoms with Crippen LogP contribution in [0.15, 0.2) is 36.8 Å². The van der Waals surface area contributed by atoms with E-state index in [1.54, 1.807) is 24.7 Å². The molecule has 2 aliphatic rings. The Morgan fingerprint density at radius 2 is 2.11 bits per heavy atom.